The Kier molecular flexibility index (Phi) is 3.06. The summed E-state index contributed by atoms with van der Waals surface area (Å²) < 4.78 is 0. The van der Waals surface area contributed by atoms with Crippen molar-refractivity contribution in [3.8, 4) is 0 Å². The number of carbonyl (C=O) groups is 1. The minimum Gasteiger partial charge on any atom is -0.480 e. The molecule has 110 valence electrons. The molecule has 1 aliphatic carbocycles. The lowest BCUT2D eigenvalue weighted by Gasteiger charge is -2.34. The van der Waals surface area contributed by atoms with Crippen molar-refractivity contribution in [2.75, 3.05) is 4.90 Å². The number of rotatable bonds is 2. The molecular weight excluding hydrogens is 286 g/mol. The van der Waals surface area contributed by atoms with Gasteiger partial charge in [-0.15, -0.1) is 11.3 Å². The van der Waals surface area contributed by atoms with Crippen molar-refractivity contribution < 1.29 is 9.90 Å². The summed E-state index contributed by atoms with van der Waals surface area (Å²) >= 11 is 1.57. The quantitative estimate of drug-likeness (QED) is 0.924. The van der Waals surface area contributed by atoms with Gasteiger partial charge in [-0.05, 0) is 36.6 Å². The lowest BCUT2D eigenvalue weighted by molar-refractivity contribution is -0.138. The fourth-order valence-corrected chi connectivity index (χ4v) is 4.70. The third kappa shape index (κ3) is 2.00. The van der Waals surface area contributed by atoms with Crippen molar-refractivity contribution in [2.24, 2.45) is 5.92 Å². The summed E-state index contributed by atoms with van der Waals surface area (Å²) in [6.07, 6.45) is 6.92. The van der Waals surface area contributed by atoms with Crippen molar-refractivity contribution in [3.05, 3.63) is 17.8 Å². The first-order valence-electron chi connectivity index (χ1n) is 7.45. The van der Waals surface area contributed by atoms with Crippen molar-refractivity contribution in [3.63, 3.8) is 0 Å². The molecule has 3 unspecified atom stereocenters. The van der Waals surface area contributed by atoms with Gasteiger partial charge in [-0.25, -0.2) is 14.8 Å². The lowest BCUT2D eigenvalue weighted by Crippen LogP contribution is -2.43. The molecule has 1 saturated carbocycles. The van der Waals surface area contributed by atoms with Gasteiger partial charge in [0.15, 0.2) is 0 Å². The normalized spacial score (nSPS) is 28.8. The Morgan fingerprint density at radius 2 is 2.19 bits per heavy atom. The van der Waals surface area contributed by atoms with Crippen LogP contribution in [0.5, 0.6) is 0 Å². The van der Waals surface area contributed by atoms with E-state index in [1.807, 2.05) is 11.4 Å². The van der Waals surface area contributed by atoms with E-state index in [0.717, 1.165) is 35.3 Å². The maximum absolute atomic E-state index is 11.7. The van der Waals surface area contributed by atoms with Crippen LogP contribution in [0.25, 0.3) is 10.2 Å². The van der Waals surface area contributed by atoms with Crippen LogP contribution in [0, 0.1) is 5.92 Å². The van der Waals surface area contributed by atoms with Crippen LogP contribution < -0.4 is 4.90 Å². The molecule has 2 aromatic heterocycles. The van der Waals surface area contributed by atoms with Gasteiger partial charge >= 0.3 is 5.97 Å². The van der Waals surface area contributed by atoms with Crippen LogP contribution in [0.15, 0.2) is 17.8 Å². The first-order chi connectivity index (χ1) is 10.3. The number of aromatic nitrogens is 2. The van der Waals surface area contributed by atoms with Crippen molar-refractivity contribution in [1.82, 2.24) is 9.97 Å². The predicted molar refractivity (Wildman–Crippen MR) is 81.7 cm³/mol. The van der Waals surface area contributed by atoms with Crippen LogP contribution >= 0.6 is 11.3 Å². The van der Waals surface area contributed by atoms with Gasteiger partial charge in [0.2, 0.25) is 0 Å². The first kappa shape index (κ1) is 13.0. The minimum absolute atomic E-state index is 0.317. The van der Waals surface area contributed by atoms with E-state index in [2.05, 4.69) is 14.9 Å². The number of carboxylic acids is 1. The zero-order chi connectivity index (χ0) is 14.4. The second kappa shape index (κ2) is 4.94. The standard InChI is InChI=1S/C15H17N3O2S/c19-15(20)12-7-9-3-1-2-4-11(9)18(12)13-10-5-6-21-14(10)17-8-16-13/h5-6,8-9,11-12H,1-4,7H2,(H,19,20). The van der Waals surface area contributed by atoms with Gasteiger partial charge in [-0.3, -0.25) is 0 Å². The van der Waals surface area contributed by atoms with E-state index in [1.165, 1.54) is 12.8 Å². The van der Waals surface area contributed by atoms with Crippen LogP contribution in [0.2, 0.25) is 0 Å². The van der Waals surface area contributed by atoms with Crippen LogP contribution in [-0.2, 0) is 4.79 Å². The highest BCUT2D eigenvalue weighted by molar-refractivity contribution is 7.16. The molecule has 4 rings (SSSR count). The number of hydrogen-bond acceptors (Lipinski definition) is 5. The van der Waals surface area contributed by atoms with E-state index >= 15 is 0 Å². The van der Waals surface area contributed by atoms with Crippen molar-refractivity contribution >= 4 is 33.3 Å². The second-order valence-corrected chi connectivity index (χ2v) is 6.84. The van der Waals surface area contributed by atoms with Crippen LogP contribution in [0.4, 0.5) is 5.82 Å². The summed E-state index contributed by atoms with van der Waals surface area (Å²) in [5.41, 5.74) is 0. The fraction of sp³-hybridized carbons (Fsp3) is 0.533. The molecule has 1 aliphatic heterocycles. The summed E-state index contributed by atoms with van der Waals surface area (Å²) in [4.78, 5) is 23.5. The molecule has 3 heterocycles. The van der Waals surface area contributed by atoms with Gasteiger partial charge in [0.05, 0.1) is 5.39 Å². The van der Waals surface area contributed by atoms with Crippen LogP contribution in [0.3, 0.4) is 0 Å². The lowest BCUT2D eigenvalue weighted by atomic mass is 9.85. The highest BCUT2D eigenvalue weighted by atomic mass is 32.1. The molecule has 0 spiro atoms. The van der Waals surface area contributed by atoms with Crippen LogP contribution in [0.1, 0.15) is 32.1 Å². The summed E-state index contributed by atoms with van der Waals surface area (Å²) in [5, 5.41) is 12.6. The van der Waals surface area contributed by atoms with Gasteiger partial charge in [0, 0.05) is 6.04 Å². The Morgan fingerprint density at radius 1 is 1.33 bits per heavy atom. The summed E-state index contributed by atoms with van der Waals surface area (Å²) in [7, 11) is 0. The molecule has 0 aromatic carbocycles. The first-order valence-corrected chi connectivity index (χ1v) is 8.33. The molecule has 5 nitrogen and oxygen atoms in total. The second-order valence-electron chi connectivity index (χ2n) is 5.95. The molecular formula is C15H17N3O2S. The number of hydrogen-bond donors (Lipinski definition) is 1. The van der Waals surface area contributed by atoms with E-state index in [0.29, 0.717) is 12.0 Å². The van der Waals surface area contributed by atoms with Gasteiger partial charge in [0.1, 0.15) is 23.0 Å². The molecule has 0 amide bonds. The maximum atomic E-state index is 11.7. The Bertz CT molecular complexity index is 686. The van der Waals surface area contributed by atoms with E-state index in [4.69, 9.17) is 0 Å². The summed E-state index contributed by atoms with van der Waals surface area (Å²) in [6.45, 7) is 0. The SMILES string of the molecule is O=C(O)C1CC2CCCCC2N1c1ncnc2sccc12. The number of fused-ring (bicyclic) bond motifs is 2. The molecule has 1 N–H and O–H groups in total. The molecule has 21 heavy (non-hydrogen) atoms. The summed E-state index contributed by atoms with van der Waals surface area (Å²) in [6, 6.07) is 1.87. The highest BCUT2D eigenvalue weighted by Gasteiger charge is 2.46. The Morgan fingerprint density at radius 3 is 3.05 bits per heavy atom. The number of nitrogens with zero attached hydrogens (tertiary/aromatic N) is 3. The third-order valence-corrected chi connectivity index (χ3v) is 5.68. The average Bonchev–Trinajstić information content (AvgIpc) is 3.11. The van der Waals surface area contributed by atoms with Crippen molar-refractivity contribution in [1.29, 1.82) is 0 Å². The molecule has 2 aromatic rings. The van der Waals surface area contributed by atoms with E-state index in [1.54, 1.807) is 17.7 Å². The third-order valence-electron chi connectivity index (χ3n) is 4.86. The molecule has 0 bridgehead atoms. The average molecular weight is 303 g/mol. The predicted octanol–water partition coefficient (Wildman–Crippen LogP) is 2.91. The molecule has 0 radical (unpaired) electrons. The number of carboxylic acid groups (broad SMARTS) is 1. The smallest absolute Gasteiger partial charge is 0.326 e. The van der Waals surface area contributed by atoms with Gasteiger partial charge in [-0.1, -0.05) is 12.8 Å². The number of aliphatic carboxylic acids is 1. The van der Waals surface area contributed by atoms with E-state index < -0.39 is 12.0 Å². The van der Waals surface area contributed by atoms with E-state index in [9.17, 15) is 9.90 Å². The minimum atomic E-state index is -0.730. The number of thiophene rings is 1. The zero-order valence-corrected chi connectivity index (χ0v) is 12.4. The molecule has 2 aliphatic rings. The van der Waals surface area contributed by atoms with Gasteiger partial charge in [0.25, 0.3) is 0 Å². The molecule has 6 heteroatoms. The monoisotopic (exact) mass is 303 g/mol. The van der Waals surface area contributed by atoms with Crippen LogP contribution in [-0.4, -0.2) is 33.1 Å². The largest absolute Gasteiger partial charge is 0.480 e. The van der Waals surface area contributed by atoms with Gasteiger partial charge in [-0.2, -0.15) is 0 Å². The topological polar surface area (TPSA) is 66.3 Å². The van der Waals surface area contributed by atoms with E-state index in [-0.39, 0.29) is 0 Å². The molecule has 3 atom stereocenters. The maximum Gasteiger partial charge on any atom is 0.326 e. The Balaban J connectivity index is 1.83. The Hall–Kier alpha value is -1.69. The fourth-order valence-electron chi connectivity index (χ4n) is 3.97. The van der Waals surface area contributed by atoms with Gasteiger partial charge < -0.3 is 10.0 Å². The zero-order valence-electron chi connectivity index (χ0n) is 11.6. The highest BCUT2D eigenvalue weighted by Crippen LogP contribution is 2.43. The Labute approximate surface area is 126 Å². The summed E-state index contributed by atoms with van der Waals surface area (Å²) in [5.74, 6) is 0.568. The van der Waals surface area contributed by atoms with Crippen molar-refractivity contribution in [2.45, 2.75) is 44.2 Å². The number of anilines is 1. The molecule has 2 fully saturated rings. The molecule has 1 saturated heterocycles.